The van der Waals surface area contributed by atoms with Crippen molar-refractivity contribution < 1.29 is 63.2 Å². The Bertz CT molecular complexity index is 2010. The van der Waals surface area contributed by atoms with Gasteiger partial charge in [-0.2, -0.15) is 13.1 Å². The standard InChI is InChI=1S/C19H21F2NO4.C19H21NO5.C4H10F3NS/c1-24-18(23)19(20,21)16-6-7-17(15-5-3-2-4-14(15)16)26-13-10-22-8-11-25-12-9-22;1-23-19(22)18(21)16-6-7-17(15-5-3-2-4-14(15)16)25-13-10-20-8-11-24-12-9-20;1-3-8(4-2)9(5,6)7/h2-7H,8-13H2,1H3;2-7H,8-13H2,1H3;3-4H2,1-2H3. The molecule has 0 aliphatic carbocycles. The van der Waals surface area contributed by atoms with Crippen molar-refractivity contribution in [3.05, 3.63) is 83.9 Å². The summed E-state index contributed by atoms with van der Waals surface area (Å²) >= 11 is -4.93. The Kier molecular flexibility index (Phi) is 18.8. The molecule has 2 saturated heterocycles. The summed E-state index contributed by atoms with van der Waals surface area (Å²) in [5, 5.41) is 2.29. The molecule has 2 aliphatic rings. The van der Waals surface area contributed by atoms with Crippen molar-refractivity contribution in [2.75, 3.05) is 106 Å². The van der Waals surface area contributed by atoms with E-state index in [2.05, 4.69) is 19.3 Å². The highest BCUT2D eigenvalue weighted by atomic mass is 32.3. The SMILES string of the molecule is CCN(CC)S(F)(F)F.COC(=O)C(=O)c1ccc(OCCN2CCOCC2)c2ccccc12.COC(=O)C(F)(F)c1ccc(OCCN2CCOCC2)c2ccccc12. The molecule has 2 fully saturated rings. The summed E-state index contributed by atoms with van der Waals surface area (Å²) in [5.74, 6) is -5.61. The van der Waals surface area contributed by atoms with Crippen molar-refractivity contribution in [2.24, 2.45) is 0 Å². The maximum absolute atomic E-state index is 14.4. The lowest BCUT2D eigenvalue weighted by Crippen LogP contribution is -2.38. The van der Waals surface area contributed by atoms with Crippen molar-refractivity contribution in [2.45, 2.75) is 19.8 Å². The number of benzene rings is 4. The number of ketones is 1. The smallest absolute Gasteiger partial charge is 0.381 e. The van der Waals surface area contributed by atoms with E-state index in [-0.39, 0.29) is 24.0 Å². The van der Waals surface area contributed by atoms with Crippen LogP contribution < -0.4 is 9.47 Å². The Hall–Kier alpha value is -4.59. The van der Waals surface area contributed by atoms with Crippen LogP contribution in [0.4, 0.5) is 20.4 Å². The number of Topliss-reactive ketones (excluding diaryl/α,β-unsaturated/α-hetero) is 1. The lowest BCUT2D eigenvalue weighted by atomic mass is 9.99. The number of fused-ring (bicyclic) bond motifs is 2. The van der Waals surface area contributed by atoms with Gasteiger partial charge in [0.05, 0.1) is 40.6 Å². The maximum Gasteiger partial charge on any atom is 0.381 e. The second-order valence-corrected chi connectivity index (χ2v) is 14.6. The average Bonchev–Trinajstić information content (AvgIpc) is 3.26. The number of rotatable bonds is 15. The minimum absolute atomic E-state index is 0.0648. The number of carbonyl (C=O) groups excluding carboxylic acids is 3. The number of methoxy groups -OCH3 is 2. The van der Waals surface area contributed by atoms with Gasteiger partial charge in [-0.15, -0.1) is 11.7 Å². The van der Waals surface area contributed by atoms with Gasteiger partial charge in [0, 0.05) is 74.3 Å². The Morgan fingerprint density at radius 3 is 1.55 bits per heavy atom. The topological polar surface area (TPSA) is 116 Å². The number of alkyl halides is 2. The molecule has 4 aromatic carbocycles. The Morgan fingerprint density at radius 2 is 1.12 bits per heavy atom. The van der Waals surface area contributed by atoms with Gasteiger partial charge in [0.1, 0.15) is 24.7 Å². The highest BCUT2D eigenvalue weighted by Crippen LogP contribution is 2.56. The molecule has 60 heavy (non-hydrogen) atoms. The molecule has 4 aromatic rings. The molecule has 0 N–H and O–H groups in total. The zero-order valence-electron chi connectivity index (χ0n) is 34.1. The van der Waals surface area contributed by atoms with Gasteiger partial charge in [-0.25, -0.2) is 9.59 Å². The van der Waals surface area contributed by atoms with Gasteiger partial charge in [-0.05, 0) is 35.0 Å². The number of hydrogen-bond acceptors (Lipinski definition) is 12. The van der Waals surface area contributed by atoms with Crippen LogP contribution in [0.25, 0.3) is 21.5 Å². The van der Waals surface area contributed by atoms with E-state index in [0.29, 0.717) is 58.6 Å². The first-order chi connectivity index (χ1) is 28.8. The highest BCUT2D eigenvalue weighted by molar-refractivity contribution is 8.18. The van der Waals surface area contributed by atoms with Crippen LogP contribution in [0.15, 0.2) is 72.8 Å². The second-order valence-electron chi connectivity index (χ2n) is 13.3. The third-order valence-electron chi connectivity index (χ3n) is 9.70. The first-order valence-electron chi connectivity index (χ1n) is 19.4. The zero-order chi connectivity index (χ0) is 43.7. The number of hydrogen-bond donors (Lipinski definition) is 0. The lowest BCUT2D eigenvalue weighted by Gasteiger charge is -2.26. The van der Waals surface area contributed by atoms with Gasteiger partial charge < -0.3 is 28.4 Å². The van der Waals surface area contributed by atoms with Crippen LogP contribution in [0.5, 0.6) is 11.5 Å². The fraction of sp³-hybridized carbons (Fsp3) is 0.452. The predicted octanol–water partition coefficient (Wildman–Crippen LogP) is 7.42. The summed E-state index contributed by atoms with van der Waals surface area (Å²) < 4.78 is 95.6. The quantitative estimate of drug-likeness (QED) is 0.0513. The molecular weight excluding hydrogens is 818 g/mol. The summed E-state index contributed by atoms with van der Waals surface area (Å²) in [4.78, 5) is 39.8. The minimum atomic E-state index is -4.93. The van der Waals surface area contributed by atoms with Crippen molar-refractivity contribution in [1.82, 2.24) is 14.1 Å². The molecule has 330 valence electrons. The van der Waals surface area contributed by atoms with Crippen LogP contribution in [-0.2, 0) is 34.5 Å². The van der Waals surface area contributed by atoms with Crippen LogP contribution in [-0.4, -0.2) is 138 Å². The fourth-order valence-electron chi connectivity index (χ4n) is 6.44. The van der Waals surface area contributed by atoms with E-state index in [9.17, 15) is 34.8 Å². The van der Waals surface area contributed by atoms with Crippen molar-refractivity contribution in [3.63, 3.8) is 0 Å². The molecule has 18 heteroatoms. The largest absolute Gasteiger partial charge is 0.492 e. The molecule has 0 unspecified atom stereocenters. The Morgan fingerprint density at radius 1 is 0.667 bits per heavy atom. The number of carbonyl (C=O) groups is 3. The molecule has 2 aliphatic heterocycles. The van der Waals surface area contributed by atoms with Crippen molar-refractivity contribution in [3.8, 4) is 11.5 Å². The van der Waals surface area contributed by atoms with E-state index in [1.807, 2.05) is 18.2 Å². The molecule has 0 bridgehead atoms. The summed E-state index contributed by atoms with van der Waals surface area (Å²) in [6, 6.07) is 20.1. The van der Waals surface area contributed by atoms with Crippen LogP contribution in [0.3, 0.4) is 0 Å². The van der Waals surface area contributed by atoms with Gasteiger partial charge in [-0.1, -0.05) is 62.4 Å². The maximum atomic E-state index is 14.4. The normalized spacial score (nSPS) is 15.3. The van der Waals surface area contributed by atoms with Crippen LogP contribution in [0.2, 0.25) is 0 Å². The number of ether oxygens (including phenoxy) is 6. The molecule has 0 aromatic heterocycles. The molecule has 0 saturated carbocycles. The van der Waals surface area contributed by atoms with Crippen molar-refractivity contribution in [1.29, 1.82) is 0 Å². The Labute approximate surface area is 348 Å². The summed E-state index contributed by atoms with van der Waals surface area (Å²) in [5.41, 5.74) is -0.0662. The third kappa shape index (κ3) is 13.2. The van der Waals surface area contributed by atoms with E-state index in [1.54, 1.807) is 42.5 Å². The van der Waals surface area contributed by atoms with Gasteiger partial charge in [0.15, 0.2) is 0 Å². The molecule has 6 rings (SSSR count). The van der Waals surface area contributed by atoms with E-state index >= 15 is 0 Å². The highest BCUT2D eigenvalue weighted by Gasteiger charge is 2.43. The van der Waals surface area contributed by atoms with Gasteiger partial charge in [-0.3, -0.25) is 14.6 Å². The number of morpholine rings is 2. The summed E-state index contributed by atoms with van der Waals surface area (Å²) in [6.45, 7) is 12.2. The molecule has 2 heterocycles. The van der Waals surface area contributed by atoms with Crippen LogP contribution >= 0.6 is 11.4 Å². The molecule has 0 atom stereocenters. The fourth-order valence-corrected chi connectivity index (χ4v) is 7.03. The van der Waals surface area contributed by atoms with Crippen LogP contribution in [0, 0.1) is 0 Å². The number of nitrogens with zero attached hydrogens (tertiary/aromatic N) is 3. The first kappa shape index (κ1) is 48.1. The minimum Gasteiger partial charge on any atom is -0.492 e. The van der Waals surface area contributed by atoms with E-state index in [0.717, 1.165) is 65.0 Å². The van der Waals surface area contributed by atoms with Gasteiger partial charge >= 0.3 is 17.9 Å². The van der Waals surface area contributed by atoms with E-state index in [4.69, 9.17) is 18.9 Å². The third-order valence-corrected chi connectivity index (χ3v) is 10.8. The van der Waals surface area contributed by atoms with Gasteiger partial charge in [0.2, 0.25) is 0 Å². The van der Waals surface area contributed by atoms with Gasteiger partial charge in [0.25, 0.3) is 17.2 Å². The second kappa shape index (κ2) is 23.4. The number of halogens is 5. The molecule has 0 radical (unpaired) electrons. The lowest BCUT2D eigenvalue weighted by molar-refractivity contribution is -0.170. The molecule has 12 nitrogen and oxygen atoms in total. The van der Waals surface area contributed by atoms with E-state index < -0.39 is 35.0 Å². The summed E-state index contributed by atoms with van der Waals surface area (Å²) in [6.07, 6.45) is 0. The Balaban J connectivity index is 0.000000221. The van der Waals surface area contributed by atoms with Crippen LogP contribution in [0.1, 0.15) is 29.8 Å². The zero-order valence-corrected chi connectivity index (χ0v) is 35.0. The number of esters is 2. The monoisotopic (exact) mass is 869 g/mol. The van der Waals surface area contributed by atoms with E-state index in [1.165, 1.54) is 33.1 Å². The molecule has 0 amide bonds. The van der Waals surface area contributed by atoms with Crippen molar-refractivity contribution >= 4 is 50.6 Å². The predicted molar refractivity (Wildman–Crippen MR) is 219 cm³/mol. The molecule has 0 spiro atoms. The molecular formula is C42H52F5N3O9S. The average molecular weight is 870 g/mol. The first-order valence-corrected chi connectivity index (χ1v) is 20.7. The summed E-state index contributed by atoms with van der Waals surface area (Å²) in [7, 11) is 2.15.